The molecule has 0 saturated carbocycles. The number of carbonyl (C=O) groups is 1. The molecule has 1 aliphatic heterocycles. The highest BCUT2D eigenvalue weighted by Crippen LogP contribution is 2.24. The van der Waals surface area contributed by atoms with Crippen LogP contribution in [0.15, 0.2) is 0 Å². The number of carbonyl (C=O) groups excluding carboxylic acids is 1. The zero-order chi connectivity index (χ0) is 12.9. The Labute approximate surface area is 102 Å². The van der Waals surface area contributed by atoms with Gasteiger partial charge in [-0.1, -0.05) is 0 Å². The van der Waals surface area contributed by atoms with E-state index in [-0.39, 0.29) is 18.1 Å². The molecule has 100 valence electrons. The van der Waals surface area contributed by atoms with Crippen molar-refractivity contribution in [3.05, 3.63) is 0 Å². The standard InChI is InChI=1S/C12H23NO4/c1-4-16-11(14)7-9(2)13-8-12(15)5-6-17-10(12)3/h9-10,13,15H,4-8H2,1-3H3. The smallest absolute Gasteiger partial charge is 0.307 e. The molecule has 0 aliphatic carbocycles. The molecule has 1 fully saturated rings. The molecule has 0 aromatic carbocycles. The maximum Gasteiger partial charge on any atom is 0.307 e. The molecular formula is C12H23NO4. The lowest BCUT2D eigenvalue weighted by atomic mass is 9.96. The lowest BCUT2D eigenvalue weighted by Gasteiger charge is -2.28. The minimum absolute atomic E-state index is 0.00845. The Bertz CT molecular complexity index is 259. The van der Waals surface area contributed by atoms with E-state index in [0.717, 1.165) is 0 Å². The molecule has 0 radical (unpaired) electrons. The van der Waals surface area contributed by atoms with Crippen LogP contribution >= 0.6 is 0 Å². The number of hydrogen-bond donors (Lipinski definition) is 2. The van der Waals surface area contributed by atoms with Crippen molar-refractivity contribution in [1.82, 2.24) is 5.32 Å². The first kappa shape index (κ1) is 14.4. The first-order valence-corrected chi connectivity index (χ1v) is 6.21. The van der Waals surface area contributed by atoms with Gasteiger partial charge in [-0.3, -0.25) is 4.79 Å². The lowest BCUT2D eigenvalue weighted by molar-refractivity contribution is -0.143. The molecule has 1 aliphatic rings. The van der Waals surface area contributed by atoms with Crippen LogP contribution in [0.25, 0.3) is 0 Å². The molecule has 3 unspecified atom stereocenters. The van der Waals surface area contributed by atoms with Gasteiger partial charge in [0.25, 0.3) is 0 Å². The summed E-state index contributed by atoms with van der Waals surface area (Å²) in [4.78, 5) is 11.2. The second-order valence-corrected chi connectivity index (χ2v) is 4.66. The maximum absolute atomic E-state index is 11.2. The molecule has 0 aromatic heterocycles. The van der Waals surface area contributed by atoms with Gasteiger partial charge >= 0.3 is 5.97 Å². The van der Waals surface area contributed by atoms with Crippen molar-refractivity contribution in [2.45, 2.75) is 51.4 Å². The summed E-state index contributed by atoms with van der Waals surface area (Å²) in [7, 11) is 0. The van der Waals surface area contributed by atoms with Crippen LogP contribution in [0.2, 0.25) is 0 Å². The van der Waals surface area contributed by atoms with Crippen molar-refractivity contribution in [3.63, 3.8) is 0 Å². The molecule has 2 N–H and O–H groups in total. The molecule has 1 heterocycles. The highest BCUT2D eigenvalue weighted by atomic mass is 16.5. The van der Waals surface area contributed by atoms with Gasteiger partial charge in [0, 0.05) is 25.6 Å². The van der Waals surface area contributed by atoms with E-state index in [2.05, 4.69) is 5.32 Å². The second-order valence-electron chi connectivity index (χ2n) is 4.66. The minimum Gasteiger partial charge on any atom is -0.466 e. The molecule has 0 spiro atoms. The molecule has 5 heteroatoms. The molecule has 1 rings (SSSR count). The van der Waals surface area contributed by atoms with Crippen molar-refractivity contribution in [3.8, 4) is 0 Å². The first-order chi connectivity index (χ1) is 7.98. The zero-order valence-electron chi connectivity index (χ0n) is 10.9. The molecule has 0 bridgehead atoms. The third-order valence-corrected chi connectivity index (χ3v) is 3.19. The molecule has 0 amide bonds. The highest BCUT2D eigenvalue weighted by Gasteiger charge is 2.39. The Hall–Kier alpha value is -0.650. The monoisotopic (exact) mass is 245 g/mol. The van der Waals surface area contributed by atoms with Gasteiger partial charge in [0.15, 0.2) is 0 Å². The van der Waals surface area contributed by atoms with E-state index >= 15 is 0 Å². The minimum atomic E-state index is -0.817. The summed E-state index contributed by atoms with van der Waals surface area (Å²) in [5.41, 5.74) is -0.817. The fourth-order valence-corrected chi connectivity index (χ4v) is 1.90. The van der Waals surface area contributed by atoms with E-state index in [0.29, 0.717) is 32.6 Å². The van der Waals surface area contributed by atoms with Crippen molar-refractivity contribution >= 4 is 5.97 Å². The Morgan fingerprint density at radius 2 is 2.41 bits per heavy atom. The average Bonchev–Trinajstić information content (AvgIpc) is 2.57. The normalized spacial score (nSPS) is 30.2. The molecule has 3 atom stereocenters. The topological polar surface area (TPSA) is 67.8 Å². The molecule has 0 aromatic rings. The summed E-state index contributed by atoms with van der Waals surface area (Å²) < 4.78 is 10.2. The van der Waals surface area contributed by atoms with Crippen LogP contribution in [0.3, 0.4) is 0 Å². The van der Waals surface area contributed by atoms with Crippen molar-refractivity contribution in [2.24, 2.45) is 0 Å². The molecule has 17 heavy (non-hydrogen) atoms. The summed E-state index contributed by atoms with van der Waals surface area (Å²) in [6.07, 6.45) is 0.789. The number of ether oxygens (including phenoxy) is 2. The fourth-order valence-electron chi connectivity index (χ4n) is 1.90. The summed E-state index contributed by atoms with van der Waals surface area (Å²) in [6, 6.07) is -0.00845. The lowest BCUT2D eigenvalue weighted by Crippen LogP contribution is -2.48. The quantitative estimate of drug-likeness (QED) is 0.665. The van der Waals surface area contributed by atoms with Gasteiger partial charge in [0.2, 0.25) is 0 Å². The molecular weight excluding hydrogens is 222 g/mol. The summed E-state index contributed by atoms with van der Waals surface area (Å²) in [6.45, 7) is 6.99. The van der Waals surface area contributed by atoms with Gasteiger partial charge in [-0.15, -0.1) is 0 Å². The summed E-state index contributed by atoms with van der Waals surface area (Å²) in [5, 5.41) is 13.4. The predicted octanol–water partition coefficient (Wildman–Crippen LogP) is 0.458. The summed E-state index contributed by atoms with van der Waals surface area (Å²) >= 11 is 0. The average molecular weight is 245 g/mol. The van der Waals surface area contributed by atoms with Crippen LogP contribution < -0.4 is 5.32 Å². The molecule has 1 saturated heterocycles. The van der Waals surface area contributed by atoms with Crippen molar-refractivity contribution in [2.75, 3.05) is 19.8 Å². The first-order valence-electron chi connectivity index (χ1n) is 6.21. The number of aliphatic hydroxyl groups is 1. The fraction of sp³-hybridized carbons (Fsp3) is 0.917. The molecule has 5 nitrogen and oxygen atoms in total. The predicted molar refractivity (Wildman–Crippen MR) is 63.7 cm³/mol. The van der Waals surface area contributed by atoms with Gasteiger partial charge in [-0.25, -0.2) is 0 Å². The van der Waals surface area contributed by atoms with Gasteiger partial charge in [0.1, 0.15) is 5.60 Å². The van der Waals surface area contributed by atoms with Crippen LogP contribution in [0.4, 0.5) is 0 Å². The van der Waals surface area contributed by atoms with Gasteiger partial charge in [0.05, 0.1) is 19.1 Å². The van der Waals surface area contributed by atoms with Gasteiger partial charge < -0.3 is 19.9 Å². The van der Waals surface area contributed by atoms with Crippen LogP contribution in [-0.4, -0.2) is 48.6 Å². The van der Waals surface area contributed by atoms with Gasteiger partial charge in [-0.05, 0) is 20.8 Å². The Morgan fingerprint density at radius 1 is 1.71 bits per heavy atom. The van der Waals surface area contributed by atoms with E-state index in [9.17, 15) is 9.90 Å². The third-order valence-electron chi connectivity index (χ3n) is 3.19. The van der Waals surface area contributed by atoms with Gasteiger partial charge in [-0.2, -0.15) is 0 Å². The van der Waals surface area contributed by atoms with Crippen LogP contribution in [0, 0.1) is 0 Å². The number of hydrogen-bond acceptors (Lipinski definition) is 5. The van der Waals surface area contributed by atoms with E-state index < -0.39 is 5.60 Å². The van der Waals surface area contributed by atoms with E-state index in [4.69, 9.17) is 9.47 Å². The van der Waals surface area contributed by atoms with E-state index in [1.54, 1.807) is 6.92 Å². The number of nitrogens with one attached hydrogen (secondary N) is 1. The number of esters is 1. The van der Waals surface area contributed by atoms with Crippen LogP contribution in [0.5, 0.6) is 0 Å². The maximum atomic E-state index is 11.2. The Morgan fingerprint density at radius 3 is 2.94 bits per heavy atom. The van der Waals surface area contributed by atoms with E-state index in [1.807, 2.05) is 13.8 Å². The van der Waals surface area contributed by atoms with Crippen LogP contribution in [0.1, 0.15) is 33.6 Å². The third kappa shape index (κ3) is 4.26. The van der Waals surface area contributed by atoms with Crippen molar-refractivity contribution < 1.29 is 19.4 Å². The number of rotatable bonds is 6. The summed E-state index contributed by atoms with van der Waals surface area (Å²) in [5.74, 6) is -0.213. The second kappa shape index (κ2) is 6.33. The largest absolute Gasteiger partial charge is 0.466 e. The van der Waals surface area contributed by atoms with Crippen LogP contribution in [-0.2, 0) is 14.3 Å². The Balaban J connectivity index is 2.27. The Kier molecular flexibility index (Phi) is 5.36. The highest BCUT2D eigenvalue weighted by molar-refractivity contribution is 5.69. The van der Waals surface area contributed by atoms with E-state index in [1.165, 1.54) is 0 Å². The SMILES string of the molecule is CCOC(=O)CC(C)NCC1(O)CCOC1C. The van der Waals surface area contributed by atoms with Crippen molar-refractivity contribution in [1.29, 1.82) is 0 Å². The zero-order valence-corrected chi connectivity index (χ0v) is 10.9.